The molecule has 5 rings (SSSR count). The SMILES string of the molecule is NC(=O)N1CCC(n2c(=O)[nH]c3c(-c4ccnc(C(F)(F)F)c4)cccc32)CC1c1ccc(Cl)c(Cl)c1. The first-order valence-electron chi connectivity index (χ1n) is 11.3. The van der Waals surface area contributed by atoms with Crippen molar-refractivity contribution in [3.05, 3.63) is 86.5 Å². The number of alkyl halides is 3. The number of hydrogen-bond donors (Lipinski definition) is 2. The molecule has 1 fully saturated rings. The summed E-state index contributed by atoms with van der Waals surface area (Å²) in [7, 11) is 0. The molecule has 3 N–H and O–H groups in total. The third-order valence-electron chi connectivity index (χ3n) is 6.67. The van der Waals surface area contributed by atoms with Gasteiger partial charge in [0.1, 0.15) is 5.69 Å². The number of aromatic amines is 1. The minimum absolute atomic E-state index is 0.276. The van der Waals surface area contributed by atoms with Crippen LogP contribution in [0.2, 0.25) is 10.0 Å². The van der Waals surface area contributed by atoms with Crippen LogP contribution in [0.4, 0.5) is 18.0 Å². The summed E-state index contributed by atoms with van der Waals surface area (Å²) in [5, 5.41) is 0.698. The molecule has 12 heteroatoms. The van der Waals surface area contributed by atoms with Crippen molar-refractivity contribution in [1.82, 2.24) is 19.4 Å². The lowest BCUT2D eigenvalue weighted by atomic mass is 9.91. The molecule has 1 saturated heterocycles. The number of nitrogens with two attached hydrogens (primary N) is 1. The van der Waals surface area contributed by atoms with Gasteiger partial charge in [-0.2, -0.15) is 13.2 Å². The van der Waals surface area contributed by atoms with Crippen LogP contribution < -0.4 is 11.4 Å². The number of pyridine rings is 1. The zero-order chi connectivity index (χ0) is 26.5. The van der Waals surface area contributed by atoms with Crippen LogP contribution in [0.25, 0.3) is 22.2 Å². The average Bonchev–Trinajstić information content (AvgIpc) is 3.20. The monoisotopic (exact) mass is 549 g/mol. The molecule has 1 aliphatic heterocycles. The Kier molecular flexibility index (Phi) is 6.41. The highest BCUT2D eigenvalue weighted by Gasteiger charge is 2.35. The summed E-state index contributed by atoms with van der Waals surface area (Å²) in [5.41, 5.74) is 6.61. The van der Waals surface area contributed by atoms with Crippen molar-refractivity contribution in [1.29, 1.82) is 0 Å². The summed E-state index contributed by atoms with van der Waals surface area (Å²) < 4.78 is 41.3. The Morgan fingerprint density at radius 3 is 2.59 bits per heavy atom. The van der Waals surface area contributed by atoms with Crippen molar-refractivity contribution in [2.24, 2.45) is 5.73 Å². The van der Waals surface area contributed by atoms with E-state index < -0.39 is 29.6 Å². The molecule has 0 spiro atoms. The summed E-state index contributed by atoms with van der Waals surface area (Å²) >= 11 is 12.3. The maximum atomic E-state index is 13.2. The number of nitrogens with zero attached hydrogens (tertiary/aromatic N) is 3. The quantitative estimate of drug-likeness (QED) is 0.319. The standard InChI is InChI=1S/C25H20Cl2F3N5O2/c26-17-5-4-14(10-18(17)27)20-12-15(7-9-34(20)23(31)36)35-19-3-1-2-16(22(19)33-24(35)37)13-6-8-32-21(11-13)25(28,29)30/h1-6,8,10-11,15,20H,7,9,12H2,(H2,31,36)(H,33,37). The number of para-hydroxylation sites is 1. The number of H-pyrrole nitrogens is 1. The summed E-state index contributed by atoms with van der Waals surface area (Å²) in [4.78, 5) is 33.1. The lowest BCUT2D eigenvalue weighted by Crippen LogP contribution is -2.45. The van der Waals surface area contributed by atoms with Gasteiger partial charge in [-0.05, 0) is 54.3 Å². The van der Waals surface area contributed by atoms with E-state index in [9.17, 15) is 22.8 Å². The molecule has 4 aromatic rings. The second-order valence-corrected chi connectivity index (χ2v) is 9.64. The van der Waals surface area contributed by atoms with Crippen LogP contribution in [0.1, 0.15) is 36.2 Å². The van der Waals surface area contributed by atoms with Crippen LogP contribution in [0.15, 0.2) is 59.5 Å². The number of benzene rings is 2. The van der Waals surface area contributed by atoms with E-state index in [1.807, 2.05) is 0 Å². The van der Waals surface area contributed by atoms with Crippen LogP contribution in [-0.2, 0) is 6.18 Å². The number of piperidine rings is 1. The molecule has 2 aromatic carbocycles. The van der Waals surface area contributed by atoms with Crippen molar-refractivity contribution >= 4 is 40.3 Å². The van der Waals surface area contributed by atoms with E-state index in [1.54, 1.807) is 41.0 Å². The Morgan fingerprint density at radius 2 is 1.89 bits per heavy atom. The van der Waals surface area contributed by atoms with Gasteiger partial charge in [0.25, 0.3) is 0 Å². The summed E-state index contributed by atoms with van der Waals surface area (Å²) in [6, 6.07) is 11.2. The van der Waals surface area contributed by atoms with Crippen molar-refractivity contribution in [3.63, 3.8) is 0 Å². The number of likely N-dealkylation sites (tertiary alicyclic amines) is 1. The first-order valence-corrected chi connectivity index (χ1v) is 12.1. The summed E-state index contributed by atoms with van der Waals surface area (Å²) in [6.45, 7) is 0.295. The van der Waals surface area contributed by atoms with E-state index in [0.717, 1.165) is 17.8 Å². The number of rotatable bonds is 3. The molecular formula is C25H20Cl2F3N5O2. The maximum Gasteiger partial charge on any atom is 0.433 e. The molecule has 192 valence electrons. The highest BCUT2D eigenvalue weighted by atomic mass is 35.5. The van der Waals surface area contributed by atoms with Crippen molar-refractivity contribution in [2.75, 3.05) is 6.54 Å². The molecule has 1 aliphatic rings. The fraction of sp³-hybridized carbons (Fsp3) is 0.240. The number of halogens is 5. The van der Waals surface area contributed by atoms with Gasteiger partial charge in [-0.3, -0.25) is 9.55 Å². The normalized spacial score (nSPS) is 18.4. The van der Waals surface area contributed by atoms with E-state index in [-0.39, 0.29) is 11.6 Å². The maximum absolute atomic E-state index is 13.2. The van der Waals surface area contributed by atoms with Gasteiger partial charge >= 0.3 is 17.9 Å². The fourth-order valence-corrected chi connectivity index (χ4v) is 5.29. The van der Waals surface area contributed by atoms with E-state index in [1.165, 1.54) is 11.0 Å². The van der Waals surface area contributed by atoms with E-state index in [0.29, 0.717) is 46.0 Å². The van der Waals surface area contributed by atoms with Crippen molar-refractivity contribution in [3.8, 4) is 11.1 Å². The third-order valence-corrected chi connectivity index (χ3v) is 7.40. The number of nitrogens with one attached hydrogen (secondary N) is 1. The Labute approximate surface area is 218 Å². The molecule has 3 heterocycles. The highest BCUT2D eigenvalue weighted by molar-refractivity contribution is 6.42. The van der Waals surface area contributed by atoms with Gasteiger partial charge in [0, 0.05) is 24.3 Å². The van der Waals surface area contributed by atoms with Crippen LogP contribution in [0.3, 0.4) is 0 Å². The van der Waals surface area contributed by atoms with E-state index >= 15 is 0 Å². The second kappa shape index (κ2) is 9.42. The number of carbonyl (C=O) groups excluding carboxylic acids is 1. The smallest absolute Gasteiger partial charge is 0.351 e. The van der Waals surface area contributed by atoms with Crippen LogP contribution in [0, 0.1) is 0 Å². The van der Waals surface area contributed by atoms with Gasteiger partial charge in [0.15, 0.2) is 0 Å². The number of hydrogen-bond acceptors (Lipinski definition) is 3. The molecular weight excluding hydrogens is 530 g/mol. The lowest BCUT2D eigenvalue weighted by molar-refractivity contribution is -0.141. The predicted molar refractivity (Wildman–Crippen MR) is 135 cm³/mol. The molecule has 37 heavy (non-hydrogen) atoms. The van der Waals surface area contributed by atoms with Gasteiger partial charge in [0.2, 0.25) is 0 Å². The number of amides is 2. The highest BCUT2D eigenvalue weighted by Crippen LogP contribution is 2.40. The Balaban J connectivity index is 1.57. The molecule has 0 aliphatic carbocycles. The molecule has 0 saturated carbocycles. The molecule has 2 amide bonds. The molecule has 7 nitrogen and oxygen atoms in total. The number of fused-ring (bicyclic) bond motifs is 1. The topological polar surface area (TPSA) is 97.0 Å². The Bertz CT molecular complexity index is 1570. The molecule has 2 unspecified atom stereocenters. The third kappa shape index (κ3) is 4.67. The predicted octanol–water partition coefficient (Wildman–Crippen LogP) is 6.17. The molecule has 2 aromatic heterocycles. The minimum atomic E-state index is -4.60. The fourth-order valence-electron chi connectivity index (χ4n) is 4.99. The van der Waals surface area contributed by atoms with Crippen molar-refractivity contribution in [2.45, 2.75) is 31.1 Å². The average molecular weight is 550 g/mol. The van der Waals surface area contributed by atoms with Gasteiger partial charge in [-0.1, -0.05) is 41.4 Å². The van der Waals surface area contributed by atoms with Crippen molar-refractivity contribution < 1.29 is 18.0 Å². The number of carbonyl (C=O) groups is 1. The minimum Gasteiger partial charge on any atom is -0.351 e. The van der Waals surface area contributed by atoms with E-state index in [2.05, 4.69) is 9.97 Å². The number of urea groups is 1. The second-order valence-electron chi connectivity index (χ2n) is 8.83. The van der Waals surface area contributed by atoms with Crippen LogP contribution >= 0.6 is 23.2 Å². The summed E-state index contributed by atoms with van der Waals surface area (Å²) in [6.07, 6.45) is -2.69. The Morgan fingerprint density at radius 1 is 1.11 bits per heavy atom. The zero-order valence-corrected chi connectivity index (χ0v) is 20.6. The first-order chi connectivity index (χ1) is 17.5. The largest absolute Gasteiger partial charge is 0.433 e. The lowest BCUT2D eigenvalue weighted by Gasteiger charge is -2.39. The number of imidazole rings is 1. The molecule has 0 radical (unpaired) electrons. The van der Waals surface area contributed by atoms with Crippen LogP contribution in [0.5, 0.6) is 0 Å². The zero-order valence-electron chi connectivity index (χ0n) is 19.1. The Hall–Kier alpha value is -3.50. The first kappa shape index (κ1) is 25.2. The van der Waals surface area contributed by atoms with E-state index in [4.69, 9.17) is 28.9 Å². The van der Waals surface area contributed by atoms with Crippen LogP contribution in [-0.4, -0.2) is 32.0 Å². The van der Waals surface area contributed by atoms with Gasteiger partial charge in [0.05, 0.1) is 27.1 Å². The number of aromatic nitrogens is 3. The molecule has 0 bridgehead atoms. The summed E-state index contributed by atoms with van der Waals surface area (Å²) in [5.74, 6) is 0. The van der Waals surface area contributed by atoms with Gasteiger partial charge < -0.3 is 15.6 Å². The van der Waals surface area contributed by atoms with Gasteiger partial charge in [-0.15, -0.1) is 0 Å². The number of primary amides is 1. The molecule has 2 atom stereocenters. The van der Waals surface area contributed by atoms with Gasteiger partial charge in [-0.25, -0.2) is 9.59 Å².